The number of ether oxygens (including phenoxy) is 1. The standard InChI is InChI=1S/C12H12FNO4/c1-18-7-2-3-10(9(13)6-7)14-5-4-8(11(14)15)12(16)17/h2-3,6,8H,4-5H2,1H3,(H,16,17). The van der Waals surface area contributed by atoms with Gasteiger partial charge in [0.05, 0.1) is 12.8 Å². The number of halogens is 1. The molecule has 0 aromatic heterocycles. The van der Waals surface area contributed by atoms with Crippen molar-refractivity contribution in [2.24, 2.45) is 5.92 Å². The van der Waals surface area contributed by atoms with Crippen LogP contribution in [0.3, 0.4) is 0 Å². The highest BCUT2D eigenvalue weighted by Crippen LogP contribution is 2.29. The Balaban J connectivity index is 2.28. The minimum absolute atomic E-state index is 0.0875. The summed E-state index contributed by atoms with van der Waals surface area (Å²) in [5, 5.41) is 8.84. The third-order valence-corrected chi connectivity index (χ3v) is 2.95. The van der Waals surface area contributed by atoms with Crippen LogP contribution in [0.1, 0.15) is 6.42 Å². The van der Waals surface area contributed by atoms with E-state index in [0.29, 0.717) is 5.75 Å². The highest BCUT2D eigenvalue weighted by atomic mass is 19.1. The Morgan fingerprint density at radius 1 is 1.56 bits per heavy atom. The highest BCUT2D eigenvalue weighted by molar-refractivity contribution is 6.07. The van der Waals surface area contributed by atoms with Crippen LogP contribution in [0.15, 0.2) is 18.2 Å². The number of hydrogen-bond acceptors (Lipinski definition) is 3. The molecule has 1 aromatic rings. The van der Waals surface area contributed by atoms with Gasteiger partial charge in [0.2, 0.25) is 5.91 Å². The van der Waals surface area contributed by atoms with E-state index in [4.69, 9.17) is 9.84 Å². The lowest BCUT2D eigenvalue weighted by Gasteiger charge is -2.17. The quantitative estimate of drug-likeness (QED) is 0.824. The number of benzene rings is 1. The molecule has 2 rings (SSSR count). The van der Waals surface area contributed by atoms with E-state index < -0.39 is 23.6 Å². The molecule has 1 heterocycles. The first kappa shape index (κ1) is 12.3. The van der Waals surface area contributed by atoms with Gasteiger partial charge in [-0.15, -0.1) is 0 Å². The van der Waals surface area contributed by atoms with Crippen LogP contribution in [0.5, 0.6) is 5.75 Å². The number of rotatable bonds is 3. The number of carbonyl (C=O) groups is 2. The van der Waals surface area contributed by atoms with Crippen LogP contribution in [0, 0.1) is 11.7 Å². The summed E-state index contributed by atoms with van der Waals surface area (Å²) in [6, 6.07) is 4.10. The average Bonchev–Trinajstić information content (AvgIpc) is 2.71. The third kappa shape index (κ3) is 2.01. The number of carboxylic acids is 1. The monoisotopic (exact) mass is 253 g/mol. The van der Waals surface area contributed by atoms with E-state index in [2.05, 4.69) is 0 Å². The molecule has 0 aliphatic carbocycles. The molecular weight excluding hydrogens is 241 g/mol. The van der Waals surface area contributed by atoms with Crippen LogP contribution in [0.4, 0.5) is 10.1 Å². The summed E-state index contributed by atoms with van der Waals surface area (Å²) in [6.45, 7) is 0.207. The van der Waals surface area contributed by atoms with Gasteiger partial charge in [-0.05, 0) is 18.6 Å². The molecular formula is C12H12FNO4. The minimum atomic E-state index is -1.17. The predicted octanol–water partition coefficient (Wildman–Crippen LogP) is 1.27. The van der Waals surface area contributed by atoms with E-state index in [9.17, 15) is 14.0 Å². The molecule has 0 saturated carbocycles. The number of anilines is 1. The molecule has 0 bridgehead atoms. The Bertz CT molecular complexity index is 503. The summed E-state index contributed by atoms with van der Waals surface area (Å²) in [5.41, 5.74) is 0.0875. The first-order chi connectivity index (χ1) is 8.54. The molecule has 1 aliphatic heterocycles. The second-order valence-electron chi connectivity index (χ2n) is 3.99. The second kappa shape index (κ2) is 4.64. The van der Waals surface area contributed by atoms with E-state index in [1.807, 2.05) is 0 Å². The Hall–Kier alpha value is -2.11. The average molecular weight is 253 g/mol. The van der Waals surface area contributed by atoms with Crippen molar-refractivity contribution in [1.29, 1.82) is 0 Å². The zero-order valence-electron chi connectivity index (χ0n) is 9.72. The molecule has 0 spiro atoms. The maximum Gasteiger partial charge on any atom is 0.316 e. The maximum absolute atomic E-state index is 13.8. The van der Waals surface area contributed by atoms with Gasteiger partial charge in [0.1, 0.15) is 11.7 Å². The summed E-state index contributed by atoms with van der Waals surface area (Å²) >= 11 is 0. The number of carboxylic acid groups (broad SMARTS) is 1. The van der Waals surface area contributed by atoms with Gasteiger partial charge in [-0.3, -0.25) is 9.59 Å². The Labute approximate surface area is 103 Å². The van der Waals surface area contributed by atoms with Crippen LogP contribution in [0.2, 0.25) is 0 Å². The van der Waals surface area contributed by atoms with E-state index in [-0.39, 0.29) is 18.7 Å². The van der Waals surface area contributed by atoms with Crippen molar-refractivity contribution in [3.8, 4) is 5.75 Å². The smallest absolute Gasteiger partial charge is 0.316 e. The fourth-order valence-electron chi connectivity index (χ4n) is 1.98. The molecule has 1 N–H and O–H groups in total. The number of nitrogens with zero attached hydrogens (tertiary/aromatic N) is 1. The highest BCUT2D eigenvalue weighted by Gasteiger charge is 2.38. The van der Waals surface area contributed by atoms with Gasteiger partial charge < -0.3 is 14.7 Å². The van der Waals surface area contributed by atoms with Crippen molar-refractivity contribution in [3.05, 3.63) is 24.0 Å². The van der Waals surface area contributed by atoms with Crippen LogP contribution in [-0.4, -0.2) is 30.6 Å². The van der Waals surface area contributed by atoms with Gasteiger partial charge in [0.25, 0.3) is 0 Å². The van der Waals surface area contributed by atoms with Gasteiger partial charge in [0.15, 0.2) is 5.82 Å². The molecule has 5 nitrogen and oxygen atoms in total. The zero-order chi connectivity index (χ0) is 13.3. The molecule has 1 aromatic carbocycles. The van der Waals surface area contributed by atoms with Crippen molar-refractivity contribution in [2.75, 3.05) is 18.6 Å². The lowest BCUT2D eigenvalue weighted by Crippen LogP contribution is -2.30. The minimum Gasteiger partial charge on any atom is -0.497 e. The molecule has 1 atom stereocenters. The molecule has 96 valence electrons. The summed E-state index contributed by atoms with van der Waals surface area (Å²) in [6.07, 6.45) is 0.194. The molecule has 1 amide bonds. The molecule has 18 heavy (non-hydrogen) atoms. The van der Waals surface area contributed by atoms with E-state index in [1.165, 1.54) is 19.2 Å². The van der Waals surface area contributed by atoms with Gasteiger partial charge >= 0.3 is 5.97 Å². The molecule has 1 saturated heterocycles. The van der Waals surface area contributed by atoms with Crippen molar-refractivity contribution < 1.29 is 23.8 Å². The van der Waals surface area contributed by atoms with Crippen LogP contribution >= 0.6 is 0 Å². The van der Waals surface area contributed by atoms with E-state index in [0.717, 1.165) is 11.0 Å². The first-order valence-electron chi connectivity index (χ1n) is 5.42. The summed E-state index contributed by atoms with van der Waals surface area (Å²) in [4.78, 5) is 23.8. The van der Waals surface area contributed by atoms with Gasteiger partial charge in [-0.2, -0.15) is 0 Å². The largest absolute Gasteiger partial charge is 0.497 e. The Kier molecular flexibility index (Phi) is 3.18. The third-order valence-electron chi connectivity index (χ3n) is 2.95. The molecule has 1 unspecified atom stereocenters. The molecule has 1 fully saturated rings. The van der Waals surface area contributed by atoms with E-state index >= 15 is 0 Å². The fourth-order valence-corrected chi connectivity index (χ4v) is 1.98. The second-order valence-corrected chi connectivity index (χ2v) is 3.99. The van der Waals surface area contributed by atoms with Crippen LogP contribution in [-0.2, 0) is 9.59 Å². The SMILES string of the molecule is COc1ccc(N2CCC(C(=O)O)C2=O)c(F)c1. The Morgan fingerprint density at radius 2 is 2.28 bits per heavy atom. The summed E-state index contributed by atoms with van der Waals surface area (Å²) in [7, 11) is 1.41. The fraction of sp³-hybridized carbons (Fsp3) is 0.333. The van der Waals surface area contributed by atoms with Crippen LogP contribution < -0.4 is 9.64 Å². The van der Waals surface area contributed by atoms with Crippen molar-refractivity contribution in [3.63, 3.8) is 0 Å². The lowest BCUT2D eigenvalue weighted by molar-refractivity contribution is -0.144. The molecule has 1 aliphatic rings. The normalized spacial score (nSPS) is 19.1. The van der Waals surface area contributed by atoms with Crippen molar-refractivity contribution in [1.82, 2.24) is 0 Å². The number of carbonyl (C=O) groups excluding carboxylic acids is 1. The number of aliphatic carboxylic acids is 1. The maximum atomic E-state index is 13.8. The first-order valence-corrected chi connectivity index (χ1v) is 5.42. The van der Waals surface area contributed by atoms with Gasteiger partial charge in [-0.25, -0.2) is 4.39 Å². The van der Waals surface area contributed by atoms with Gasteiger partial charge in [-0.1, -0.05) is 0 Å². The lowest BCUT2D eigenvalue weighted by atomic mass is 10.1. The van der Waals surface area contributed by atoms with Crippen molar-refractivity contribution >= 4 is 17.6 Å². The topological polar surface area (TPSA) is 66.8 Å². The molecule has 0 radical (unpaired) electrons. The number of methoxy groups -OCH3 is 1. The van der Waals surface area contributed by atoms with Gasteiger partial charge in [0, 0.05) is 12.6 Å². The molecule has 6 heteroatoms. The summed E-state index contributed by atoms with van der Waals surface area (Å²) < 4.78 is 18.6. The zero-order valence-corrected chi connectivity index (χ0v) is 9.72. The Morgan fingerprint density at radius 3 is 2.78 bits per heavy atom. The van der Waals surface area contributed by atoms with Crippen LogP contribution in [0.25, 0.3) is 0 Å². The van der Waals surface area contributed by atoms with E-state index in [1.54, 1.807) is 0 Å². The number of hydrogen-bond donors (Lipinski definition) is 1. The summed E-state index contributed by atoms with van der Waals surface area (Å²) in [5.74, 6) is -3.08. The number of amides is 1. The van der Waals surface area contributed by atoms with Crippen molar-refractivity contribution in [2.45, 2.75) is 6.42 Å². The predicted molar refractivity (Wildman–Crippen MR) is 61.0 cm³/mol.